The average Bonchev–Trinajstić information content (AvgIpc) is 2.07. The SMILES string of the molecule is Clc1ccccc1.O=C(O)C=S. The molecule has 1 aromatic rings. The monoisotopic (exact) mass is 202 g/mol. The minimum absolute atomic E-state index is 0.667. The zero-order valence-corrected chi connectivity index (χ0v) is 7.68. The number of carbonyl (C=O) groups is 1. The minimum atomic E-state index is -1.06. The highest BCUT2D eigenvalue weighted by Gasteiger charge is 1.76. The smallest absolute Gasteiger partial charge is 0.339 e. The lowest BCUT2D eigenvalue weighted by Gasteiger charge is -1.80. The Morgan fingerprint density at radius 1 is 1.42 bits per heavy atom. The number of carboxylic acids is 1. The van der Waals surface area contributed by atoms with Crippen molar-refractivity contribution in [1.29, 1.82) is 0 Å². The van der Waals surface area contributed by atoms with Gasteiger partial charge in [0.25, 0.3) is 0 Å². The van der Waals surface area contributed by atoms with Crippen LogP contribution < -0.4 is 0 Å². The van der Waals surface area contributed by atoms with Crippen molar-refractivity contribution in [1.82, 2.24) is 0 Å². The normalized spacial score (nSPS) is 7.75. The second kappa shape index (κ2) is 6.76. The zero-order chi connectivity index (χ0) is 9.40. The summed E-state index contributed by atoms with van der Waals surface area (Å²) in [5.41, 5.74) is 0. The fraction of sp³-hybridized carbons (Fsp3) is 0. The van der Waals surface area contributed by atoms with Crippen LogP contribution in [0, 0.1) is 0 Å². The van der Waals surface area contributed by atoms with Gasteiger partial charge >= 0.3 is 5.97 Å². The topological polar surface area (TPSA) is 37.3 Å². The van der Waals surface area contributed by atoms with Gasteiger partial charge in [-0.2, -0.15) is 0 Å². The third kappa shape index (κ3) is 7.18. The summed E-state index contributed by atoms with van der Waals surface area (Å²) < 4.78 is 0. The van der Waals surface area contributed by atoms with Gasteiger partial charge in [-0.15, -0.1) is 0 Å². The largest absolute Gasteiger partial charge is 0.477 e. The predicted octanol–water partition coefficient (Wildman–Crippen LogP) is 2.41. The summed E-state index contributed by atoms with van der Waals surface area (Å²) in [7, 11) is 0. The second-order valence-electron chi connectivity index (χ2n) is 1.75. The third-order valence-electron chi connectivity index (χ3n) is 0.834. The van der Waals surface area contributed by atoms with Gasteiger partial charge in [0.2, 0.25) is 0 Å². The number of hydrogen-bond acceptors (Lipinski definition) is 2. The highest BCUT2D eigenvalue weighted by molar-refractivity contribution is 7.80. The fourth-order valence-corrected chi connectivity index (χ4v) is 0.560. The molecular formula is C8H7ClO2S. The number of benzene rings is 1. The maximum absolute atomic E-state index is 9.21. The Bertz CT molecular complexity index is 248. The molecule has 1 aromatic carbocycles. The van der Waals surface area contributed by atoms with Gasteiger partial charge in [-0.3, -0.25) is 0 Å². The van der Waals surface area contributed by atoms with Crippen molar-refractivity contribution in [2.24, 2.45) is 0 Å². The number of halogens is 1. The molecule has 0 aliphatic rings. The summed E-state index contributed by atoms with van der Waals surface area (Å²) >= 11 is 9.49. The van der Waals surface area contributed by atoms with E-state index in [4.69, 9.17) is 16.7 Å². The van der Waals surface area contributed by atoms with E-state index < -0.39 is 5.97 Å². The lowest BCUT2D eigenvalue weighted by atomic mass is 10.4. The van der Waals surface area contributed by atoms with Crippen molar-refractivity contribution in [3.8, 4) is 0 Å². The molecule has 0 fully saturated rings. The molecule has 0 saturated carbocycles. The predicted molar refractivity (Wildman–Crippen MR) is 52.7 cm³/mol. The quantitative estimate of drug-likeness (QED) is 0.711. The van der Waals surface area contributed by atoms with Crippen molar-refractivity contribution < 1.29 is 9.90 Å². The molecule has 12 heavy (non-hydrogen) atoms. The summed E-state index contributed by atoms with van der Waals surface area (Å²) in [6, 6.07) is 9.44. The molecule has 0 amide bonds. The van der Waals surface area contributed by atoms with Crippen LogP contribution in [0.5, 0.6) is 0 Å². The van der Waals surface area contributed by atoms with Crippen molar-refractivity contribution in [2.45, 2.75) is 0 Å². The van der Waals surface area contributed by atoms with E-state index in [1.165, 1.54) is 0 Å². The second-order valence-corrected chi connectivity index (χ2v) is 2.42. The van der Waals surface area contributed by atoms with E-state index in [9.17, 15) is 4.79 Å². The van der Waals surface area contributed by atoms with E-state index >= 15 is 0 Å². The van der Waals surface area contributed by atoms with Crippen molar-refractivity contribution >= 4 is 35.2 Å². The Morgan fingerprint density at radius 3 is 2.00 bits per heavy atom. The van der Waals surface area contributed by atoms with Crippen molar-refractivity contribution in [2.75, 3.05) is 0 Å². The summed E-state index contributed by atoms with van der Waals surface area (Å²) in [4.78, 5) is 9.21. The minimum Gasteiger partial charge on any atom is -0.477 e. The molecule has 0 aliphatic carbocycles. The highest BCUT2D eigenvalue weighted by atomic mass is 35.5. The van der Waals surface area contributed by atoms with Crippen LogP contribution in [-0.4, -0.2) is 16.4 Å². The van der Waals surface area contributed by atoms with Crippen LogP contribution in [0.3, 0.4) is 0 Å². The van der Waals surface area contributed by atoms with Gasteiger partial charge in [-0.25, -0.2) is 4.79 Å². The van der Waals surface area contributed by atoms with E-state index in [0.29, 0.717) is 5.37 Å². The average molecular weight is 203 g/mol. The number of carboxylic acid groups (broad SMARTS) is 1. The van der Waals surface area contributed by atoms with Crippen molar-refractivity contribution in [3.63, 3.8) is 0 Å². The van der Waals surface area contributed by atoms with E-state index in [1.54, 1.807) is 0 Å². The molecule has 0 bridgehead atoms. The number of hydrogen-bond donors (Lipinski definition) is 1. The molecule has 2 nitrogen and oxygen atoms in total. The van der Waals surface area contributed by atoms with E-state index in [0.717, 1.165) is 5.02 Å². The molecule has 0 radical (unpaired) electrons. The van der Waals surface area contributed by atoms with Gasteiger partial charge in [0.1, 0.15) is 0 Å². The van der Waals surface area contributed by atoms with E-state index in [1.807, 2.05) is 30.3 Å². The Morgan fingerprint density at radius 2 is 1.83 bits per heavy atom. The van der Waals surface area contributed by atoms with Gasteiger partial charge in [0.15, 0.2) is 0 Å². The van der Waals surface area contributed by atoms with Crippen LogP contribution in [0.2, 0.25) is 5.02 Å². The fourth-order valence-electron chi connectivity index (χ4n) is 0.415. The molecule has 0 saturated heterocycles. The van der Waals surface area contributed by atoms with Crippen LogP contribution in [0.15, 0.2) is 30.3 Å². The Kier molecular flexibility index (Phi) is 6.24. The Balaban J connectivity index is 0.000000217. The zero-order valence-electron chi connectivity index (χ0n) is 6.11. The van der Waals surface area contributed by atoms with Gasteiger partial charge in [-0.1, -0.05) is 42.0 Å². The standard InChI is InChI=1S/C6H5Cl.C2H2O2S/c7-6-4-2-1-3-5-6;3-2(4)1-5/h1-5H;1H,(H,3,4). The van der Waals surface area contributed by atoms with E-state index in [-0.39, 0.29) is 0 Å². The summed E-state index contributed by atoms with van der Waals surface area (Å²) in [6.45, 7) is 0. The van der Waals surface area contributed by atoms with Gasteiger partial charge < -0.3 is 5.11 Å². The molecule has 0 spiro atoms. The van der Waals surface area contributed by atoms with Gasteiger partial charge in [-0.05, 0) is 12.1 Å². The van der Waals surface area contributed by atoms with Crippen LogP contribution >= 0.6 is 23.8 Å². The number of thiocarbonyl (C=S) groups is 1. The van der Waals surface area contributed by atoms with Crippen LogP contribution in [0.25, 0.3) is 0 Å². The highest BCUT2D eigenvalue weighted by Crippen LogP contribution is 2.03. The first-order valence-electron chi connectivity index (χ1n) is 3.05. The van der Waals surface area contributed by atoms with Crippen molar-refractivity contribution in [3.05, 3.63) is 35.4 Å². The first-order valence-corrected chi connectivity index (χ1v) is 3.90. The third-order valence-corrected chi connectivity index (χ3v) is 1.29. The van der Waals surface area contributed by atoms with Crippen LogP contribution in [-0.2, 0) is 4.79 Å². The molecule has 0 aliphatic heterocycles. The van der Waals surface area contributed by atoms with Crippen LogP contribution in [0.1, 0.15) is 0 Å². The molecule has 1 N–H and O–H groups in total. The Hall–Kier alpha value is -0.930. The number of aliphatic carboxylic acids is 1. The maximum atomic E-state index is 9.21. The van der Waals surface area contributed by atoms with Gasteiger partial charge in [0, 0.05) is 5.02 Å². The number of rotatable bonds is 1. The molecule has 64 valence electrons. The van der Waals surface area contributed by atoms with Gasteiger partial charge in [0.05, 0.1) is 5.37 Å². The summed E-state index contributed by atoms with van der Waals surface area (Å²) in [5, 5.41) is 9.02. The molecule has 1 rings (SSSR count). The van der Waals surface area contributed by atoms with E-state index in [2.05, 4.69) is 12.2 Å². The maximum Gasteiger partial charge on any atom is 0.339 e. The summed E-state index contributed by atoms with van der Waals surface area (Å²) in [5.74, 6) is -1.06. The molecule has 0 aromatic heterocycles. The molecule has 0 unspecified atom stereocenters. The van der Waals surface area contributed by atoms with Crippen LogP contribution in [0.4, 0.5) is 0 Å². The first-order chi connectivity index (χ1) is 5.66. The molecular weight excluding hydrogens is 196 g/mol. The lowest BCUT2D eigenvalue weighted by molar-refractivity contribution is -0.128. The molecule has 4 heteroatoms. The summed E-state index contributed by atoms with van der Waals surface area (Å²) in [6.07, 6.45) is 0. The first kappa shape index (κ1) is 11.1. The molecule has 0 heterocycles. The Labute approximate surface area is 80.8 Å². The lowest BCUT2D eigenvalue weighted by Crippen LogP contribution is -1.89. The molecule has 0 atom stereocenters.